The van der Waals surface area contributed by atoms with Gasteiger partial charge in [-0.05, 0) is 13.3 Å². The van der Waals surface area contributed by atoms with Gasteiger partial charge in [0.15, 0.2) is 9.84 Å². The molecule has 0 radical (unpaired) electrons. The number of ether oxygens (including phenoxy) is 1. The van der Waals surface area contributed by atoms with Crippen LogP contribution in [0.15, 0.2) is 0 Å². The van der Waals surface area contributed by atoms with E-state index in [2.05, 4.69) is 0 Å². The van der Waals surface area contributed by atoms with Crippen molar-refractivity contribution in [2.45, 2.75) is 32.8 Å². The second-order valence-corrected chi connectivity index (χ2v) is 5.39. The van der Waals surface area contributed by atoms with E-state index in [9.17, 15) is 13.2 Å². The maximum Gasteiger partial charge on any atom is 0.321 e. The Bertz CT molecular complexity index is 342. The van der Waals surface area contributed by atoms with Crippen molar-refractivity contribution in [1.29, 1.82) is 5.26 Å². The molecule has 0 bridgehead atoms. The largest absolute Gasteiger partial charge is 0.462 e. The zero-order valence-electron chi connectivity index (χ0n) is 8.89. The number of hydrogen-bond acceptors (Lipinski definition) is 5. The van der Waals surface area contributed by atoms with Gasteiger partial charge in [0.25, 0.3) is 0 Å². The third-order valence-electron chi connectivity index (χ3n) is 1.77. The fourth-order valence-corrected chi connectivity index (χ4v) is 1.77. The Kier molecular flexibility index (Phi) is 5.94. The molecule has 0 aromatic carbocycles. The van der Waals surface area contributed by atoms with E-state index in [1.54, 1.807) is 13.0 Å². The maximum atomic E-state index is 11.2. The average molecular weight is 233 g/mol. The number of rotatable bonds is 6. The van der Waals surface area contributed by atoms with Crippen molar-refractivity contribution in [2.75, 3.05) is 11.5 Å². The van der Waals surface area contributed by atoms with Crippen LogP contribution in [0.4, 0.5) is 0 Å². The van der Waals surface area contributed by atoms with Gasteiger partial charge in [0.1, 0.15) is 5.75 Å². The molecule has 0 aliphatic carbocycles. The van der Waals surface area contributed by atoms with Crippen LogP contribution < -0.4 is 0 Å². The van der Waals surface area contributed by atoms with E-state index in [0.717, 1.165) is 0 Å². The van der Waals surface area contributed by atoms with E-state index < -0.39 is 21.6 Å². The molecule has 0 aliphatic rings. The molecule has 0 heterocycles. The molecule has 5 nitrogen and oxygen atoms in total. The summed E-state index contributed by atoms with van der Waals surface area (Å²) >= 11 is 0. The van der Waals surface area contributed by atoms with Crippen LogP contribution in [0.2, 0.25) is 0 Å². The predicted octanol–water partition coefficient (Wildman–Crippen LogP) is 0.657. The molecule has 0 aliphatic heterocycles. The topological polar surface area (TPSA) is 84.2 Å². The van der Waals surface area contributed by atoms with Crippen LogP contribution in [-0.4, -0.2) is 32.0 Å². The van der Waals surface area contributed by atoms with E-state index in [-0.39, 0.29) is 18.3 Å². The summed E-state index contributed by atoms with van der Waals surface area (Å²) in [6.45, 7) is 3.53. The molecule has 0 N–H and O–H groups in total. The van der Waals surface area contributed by atoms with Gasteiger partial charge in [0, 0.05) is 6.42 Å². The van der Waals surface area contributed by atoms with Gasteiger partial charge in [-0.15, -0.1) is 0 Å². The number of nitrogens with zero attached hydrogens (tertiary/aromatic N) is 1. The molecule has 1 atom stereocenters. The minimum absolute atomic E-state index is 0.0983. The van der Waals surface area contributed by atoms with Crippen LogP contribution in [0.5, 0.6) is 0 Å². The number of nitriles is 1. The summed E-state index contributed by atoms with van der Waals surface area (Å²) in [6, 6.07) is 1.72. The summed E-state index contributed by atoms with van der Waals surface area (Å²) in [5.74, 6) is -1.68. The molecule has 0 saturated carbocycles. The Balaban J connectivity index is 4.12. The van der Waals surface area contributed by atoms with E-state index in [1.165, 1.54) is 0 Å². The summed E-state index contributed by atoms with van der Waals surface area (Å²) in [5, 5.41) is 8.22. The van der Waals surface area contributed by atoms with E-state index in [0.29, 0.717) is 6.42 Å². The first-order chi connectivity index (χ1) is 6.91. The zero-order chi connectivity index (χ0) is 11.9. The zero-order valence-corrected chi connectivity index (χ0v) is 9.71. The van der Waals surface area contributed by atoms with Crippen molar-refractivity contribution in [3.8, 4) is 6.07 Å². The first-order valence-electron chi connectivity index (χ1n) is 4.68. The Morgan fingerprint density at radius 1 is 1.53 bits per heavy atom. The SMILES string of the molecule is CCC(C)OC(=O)CS(=O)(=O)CCC#N. The van der Waals surface area contributed by atoms with Crippen molar-refractivity contribution >= 4 is 15.8 Å². The van der Waals surface area contributed by atoms with E-state index >= 15 is 0 Å². The molecule has 0 fully saturated rings. The summed E-state index contributed by atoms with van der Waals surface area (Å²) in [5.41, 5.74) is 0. The highest BCUT2D eigenvalue weighted by Gasteiger charge is 2.18. The highest BCUT2D eigenvalue weighted by Crippen LogP contribution is 2.00. The monoisotopic (exact) mass is 233 g/mol. The van der Waals surface area contributed by atoms with Crippen LogP contribution in [0.3, 0.4) is 0 Å². The molecule has 0 rings (SSSR count). The Morgan fingerprint density at radius 3 is 2.60 bits per heavy atom. The first-order valence-corrected chi connectivity index (χ1v) is 6.50. The van der Waals surface area contributed by atoms with Gasteiger partial charge in [-0.25, -0.2) is 8.42 Å². The second kappa shape index (κ2) is 6.40. The van der Waals surface area contributed by atoms with Gasteiger partial charge in [0.05, 0.1) is 17.9 Å². The van der Waals surface area contributed by atoms with Crippen LogP contribution in [0, 0.1) is 11.3 Å². The molecule has 0 amide bonds. The van der Waals surface area contributed by atoms with Gasteiger partial charge >= 0.3 is 5.97 Å². The number of esters is 1. The molecule has 1 unspecified atom stereocenters. The van der Waals surface area contributed by atoms with Crippen LogP contribution in [0.1, 0.15) is 26.7 Å². The number of carbonyl (C=O) groups is 1. The lowest BCUT2D eigenvalue weighted by Gasteiger charge is -2.10. The Morgan fingerprint density at radius 2 is 2.13 bits per heavy atom. The minimum atomic E-state index is -3.49. The smallest absolute Gasteiger partial charge is 0.321 e. The quantitative estimate of drug-likeness (QED) is 0.629. The minimum Gasteiger partial charge on any atom is -0.462 e. The molecule has 86 valence electrons. The molecule has 0 saturated heterocycles. The molecule has 0 aromatic rings. The van der Waals surface area contributed by atoms with Crippen molar-refractivity contribution in [3.63, 3.8) is 0 Å². The highest BCUT2D eigenvalue weighted by atomic mass is 32.2. The molecule has 0 spiro atoms. The molecular formula is C9H15NO4S. The third kappa shape index (κ3) is 6.91. The van der Waals surface area contributed by atoms with Crippen molar-refractivity contribution in [1.82, 2.24) is 0 Å². The van der Waals surface area contributed by atoms with Gasteiger partial charge in [-0.1, -0.05) is 6.92 Å². The number of sulfone groups is 1. The fraction of sp³-hybridized carbons (Fsp3) is 0.778. The lowest BCUT2D eigenvalue weighted by molar-refractivity contribution is -0.145. The molecular weight excluding hydrogens is 218 g/mol. The van der Waals surface area contributed by atoms with Crippen LogP contribution >= 0.6 is 0 Å². The van der Waals surface area contributed by atoms with E-state index in [1.807, 2.05) is 6.92 Å². The van der Waals surface area contributed by atoms with Gasteiger partial charge in [-0.2, -0.15) is 5.26 Å². The number of carbonyl (C=O) groups excluding carboxylic acids is 1. The molecule has 0 aromatic heterocycles. The summed E-state index contributed by atoms with van der Waals surface area (Å²) in [4.78, 5) is 11.1. The Labute approximate surface area is 90.0 Å². The van der Waals surface area contributed by atoms with Crippen molar-refractivity contribution in [3.05, 3.63) is 0 Å². The third-order valence-corrected chi connectivity index (χ3v) is 3.27. The van der Waals surface area contributed by atoms with Crippen molar-refractivity contribution in [2.24, 2.45) is 0 Å². The first kappa shape index (κ1) is 13.9. The lowest BCUT2D eigenvalue weighted by Crippen LogP contribution is -2.24. The number of hydrogen-bond donors (Lipinski definition) is 0. The Hall–Kier alpha value is -1.09. The normalized spacial score (nSPS) is 12.9. The fourth-order valence-electron chi connectivity index (χ4n) is 0.795. The second-order valence-electron chi connectivity index (χ2n) is 3.21. The van der Waals surface area contributed by atoms with Crippen LogP contribution in [0.25, 0.3) is 0 Å². The maximum absolute atomic E-state index is 11.2. The lowest BCUT2D eigenvalue weighted by atomic mass is 10.3. The summed E-state index contributed by atoms with van der Waals surface area (Å²) in [7, 11) is -3.49. The van der Waals surface area contributed by atoms with Gasteiger partial charge in [-0.3, -0.25) is 4.79 Å². The van der Waals surface area contributed by atoms with Crippen molar-refractivity contribution < 1.29 is 17.9 Å². The van der Waals surface area contributed by atoms with Gasteiger partial charge < -0.3 is 4.74 Å². The summed E-state index contributed by atoms with van der Waals surface area (Å²) < 4.78 is 27.2. The molecule has 6 heteroatoms. The summed E-state index contributed by atoms with van der Waals surface area (Å²) in [6.07, 6.45) is 0.270. The van der Waals surface area contributed by atoms with Gasteiger partial charge in [0.2, 0.25) is 0 Å². The molecule has 15 heavy (non-hydrogen) atoms. The van der Waals surface area contributed by atoms with Crippen LogP contribution in [-0.2, 0) is 19.4 Å². The van der Waals surface area contributed by atoms with E-state index in [4.69, 9.17) is 10.00 Å². The highest BCUT2D eigenvalue weighted by molar-refractivity contribution is 7.92. The standard InChI is InChI=1S/C9H15NO4S/c1-3-8(2)14-9(11)7-15(12,13)6-4-5-10/h8H,3-4,6-7H2,1-2H3. The predicted molar refractivity (Wildman–Crippen MR) is 54.7 cm³/mol. The average Bonchev–Trinajstić information content (AvgIpc) is 2.13.